The fraction of sp³-hybridized carbons (Fsp3) is 0.158. The third-order valence-corrected chi connectivity index (χ3v) is 4.84. The number of rotatable bonds is 7. The van der Waals surface area contributed by atoms with Gasteiger partial charge in [0.05, 0.1) is 17.9 Å². The Balaban J connectivity index is 1.82. The Morgan fingerprint density at radius 3 is 2.57 bits per heavy atom. The summed E-state index contributed by atoms with van der Waals surface area (Å²) in [6.45, 7) is 1.99. The molecule has 0 atom stereocenters. The summed E-state index contributed by atoms with van der Waals surface area (Å²) in [4.78, 5) is 26.6. The zero-order chi connectivity index (χ0) is 19.9. The predicted octanol–water partition coefficient (Wildman–Crippen LogP) is 4.15. The third-order valence-electron chi connectivity index (χ3n) is 3.72. The van der Waals surface area contributed by atoms with E-state index in [-0.39, 0.29) is 19.1 Å². The van der Waals surface area contributed by atoms with Crippen LogP contribution in [0.15, 0.2) is 54.6 Å². The minimum Gasteiger partial charge on any atom is -0.462 e. The minimum absolute atomic E-state index is 0.00268. The normalized spacial score (nSPS) is 10.3. The van der Waals surface area contributed by atoms with Crippen molar-refractivity contribution in [1.29, 1.82) is 0 Å². The summed E-state index contributed by atoms with van der Waals surface area (Å²) in [7, 11) is 0. The number of aromatic amines is 1. The van der Waals surface area contributed by atoms with Crippen LogP contribution in [0.25, 0.3) is 0 Å². The number of hydrogen-bond acceptors (Lipinski definition) is 7. The number of esters is 1. The SMILES string of the molecule is CCOC(=O)c1ccccc1NC(=O)CN(c1ccccc1)c1n[nH]c(=S)s1. The summed E-state index contributed by atoms with van der Waals surface area (Å²) in [6, 6.07) is 16.1. The number of carbonyl (C=O) groups excluding carboxylic acids is 2. The van der Waals surface area contributed by atoms with Crippen molar-refractivity contribution in [1.82, 2.24) is 10.2 Å². The molecule has 3 rings (SSSR count). The van der Waals surface area contributed by atoms with Gasteiger partial charge in [-0.25, -0.2) is 4.79 Å². The summed E-state index contributed by atoms with van der Waals surface area (Å²) in [5.41, 5.74) is 1.50. The Kier molecular flexibility index (Phi) is 6.51. The van der Waals surface area contributed by atoms with E-state index in [9.17, 15) is 9.59 Å². The highest BCUT2D eigenvalue weighted by Crippen LogP contribution is 2.27. The van der Waals surface area contributed by atoms with Crippen molar-refractivity contribution in [3.05, 3.63) is 64.1 Å². The van der Waals surface area contributed by atoms with Gasteiger partial charge in [0.2, 0.25) is 11.0 Å². The first kappa shape index (κ1) is 19.7. The molecule has 0 fully saturated rings. The van der Waals surface area contributed by atoms with Crippen molar-refractivity contribution < 1.29 is 14.3 Å². The van der Waals surface area contributed by atoms with Gasteiger partial charge in [-0.15, -0.1) is 5.10 Å². The van der Waals surface area contributed by atoms with Crippen LogP contribution in [0.4, 0.5) is 16.5 Å². The van der Waals surface area contributed by atoms with Gasteiger partial charge in [-0.2, -0.15) is 0 Å². The number of para-hydroxylation sites is 2. The number of benzene rings is 2. The van der Waals surface area contributed by atoms with Crippen LogP contribution in [-0.2, 0) is 9.53 Å². The molecule has 9 heteroatoms. The van der Waals surface area contributed by atoms with Gasteiger partial charge in [0.1, 0.15) is 6.54 Å². The number of nitrogens with zero attached hydrogens (tertiary/aromatic N) is 2. The van der Waals surface area contributed by atoms with E-state index in [1.807, 2.05) is 30.3 Å². The molecule has 0 saturated heterocycles. The van der Waals surface area contributed by atoms with Crippen molar-refractivity contribution in [2.45, 2.75) is 6.92 Å². The molecule has 2 N–H and O–H groups in total. The number of carbonyl (C=O) groups is 2. The van der Waals surface area contributed by atoms with E-state index in [0.29, 0.717) is 20.3 Å². The molecule has 1 amide bonds. The van der Waals surface area contributed by atoms with E-state index < -0.39 is 5.97 Å². The fourth-order valence-electron chi connectivity index (χ4n) is 2.53. The second kappa shape index (κ2) is 9.25. The minimum atomic E-state index is -0.483. The van der Waals surface area contributed by atoms with E-state index in [1.165, 1.54) is 11.3 Å². The Hall–Kier alpha value is -3.04. The van der Waals surface area contributed by atoms with Crippen LogP contribution in [0.2, 0.25) is 0 Å². The van der Waals surface area contributed by atoms with Crippen LogP contribution >= 0.6 is 23.6 Å². The smallest absolute Gasteiger partial charge is 0.340 e. The first-order valence-corrected chi connectivity index (χ1v) is 9.75. The zero-order valence-electron chi connectivity index (χ0n) is 15.0. The second-order valence-corrected chi connectivity index (χ2v) is 7.28. The quantitative estimate of drug-likeness (QED) is 0.446. The molecule has 1 heterocycles. The molecule has 0 aliphatic rings. The average molecular weight is 415 g/mol. The first-order valence-electron chi connectivity index (χ1n) is 8.52. The van der Waals surface area contributed by atoms with Gasteiger partial charge in [0.15, 0.2) is 3.95 Å². The molecule has 0 spiro atoms. The maximum Gasteiger partial charge on any atom is 0.340 e. The topological polar surface area (TPSA) is 87.3 Å². The Bertz CT molecular complexity index is 1020. The molecule has 0 bridgehead atoms. The number of nitrogens with one attached hydrogen (secondary N) is 2. The molecule has 0 saturated carbocycles. The van der Waals surface area contributed by atoms with E-state index in [2.05, 4.69) is 15.5 Å². The van der Waals surface area contributed by atoms with E-state index >= 15 is 0 Å². The number of aromatic nitrogens is 2. The molecule has 0 unspecified atom stereocenters. The van der Waals surface area contributed by atoms with Crippen molar-refractivity contribution in [3.8, 4) is 0 Å². The van der Waals surface area contributed by atoms with Gasteiger partial charge >= 0.3 is 5.97 Å². The maximum atomic E-state index is 12.7. The lowest BCUT2D eigenvalue weighted by atomic mass is 10.2. The number of hydrogen-bond donors (Lipinski definition) is 2. The lowest BCUT2D eigenvalue weighted by Gasteiger charge is -2.21. The molecule has 0 aliphatic carbocycles. The van der Waals surface area contributed by atoms with Crippen molar-refractivity contribution in [2.24, 2.45) is 0 Å². The van der Waals surface area contributed by atoms with Crippen LogP contribution < -0.4 is 10.2 Å². The molecule has 0 radical (unpaired) electrons. The summed E-state index contributed by atoms with van der Waals surface area (Å²) in [5.74, 6) is -0.787. The molecule has 7 nitrogen and oxygen atoms in total. The summed E-state index contributed by atoms with van der Waals surface area (Å²) in [6.07, 6.45) is 0. The number of H-pyrrole nitrogens is 1. The van der Waals surface area contributed by atoms with Crippen molar-refractivity contribution in [3.63, 3.8) is 0 Å². The fourth-order valence-corrected chi connectivity index (χ4v) is 3.42. The van der Waals surface area contributed by atoms with E-state index in [4.69, 9.17) is 17.0 Å². The van der Waals surface area contributed by atoms with Gasteiger partial charge in [-0.3, -0.25) is 9.89 Å². The molecule has 28 heavy (non-hydrogen) atoms. The van der Waals surface area contributed by atoms with Gasteiger partial charge in [-0.1, -0.05) is 41.7 Å². The van der Waals surface area contributed by atoms with Gasteiger partial charge in [-0.05, 0) is 43.4 Å². The van der Waals surface area contributed by atoms with E-state index in [0.717, 1.165) is 5.69 Å². The highest BCUT2D eigenvalue weighted by molar-refractivity contribution is 7.73. The number of anilines is 3. The van der Waals surface area contributed by atoms with Crippen LogP contribution in [0.1, 0.15) is 17.3 Å². The lowest BCUT2D eigenvalue weighted by Crippen LogP contribution is -2.30. The van der Waals surface area contributed by atoms with Crippen LogP contribution in [0.5, 0.6) is 0 Å². The van der Waals surface area contributed by atoms with E-state index in [1.54, 1.807) is 36.1 Å². The van der Waals surface area contributed by atoms with Gasteiger partial charge in [0, 0.05) is 5.69 Å². The molecular formula is C19H18N4O3S2. The third kappa shape index (κ3) is 4.81. The predicted molar refractivity (Wildman–Crippen MR) is 112 cm³/mol. The van der Waals surface area contributed by atoms with Crippen LogP contribution in [-0.4, -0.2) is 35.2 Å². The average Bonchev–Trinajstić information content (AvgIpc) is 3.13. The second-order valence-electron chi connectivity index (χ2n) is 5.63. The van der Waals surface area contributed by atoms with Crippen molar-refractivity contribution in [2.75, 3.05) is 23.4 Å². The van der Waals surface area contributed by atoms with Crippen LogP contribution in [0, 0.1) is 3.95 Å². The number of amides is 1. The molecule has 0 aliphatic heterocycles. The zero-order valence-corrected chi connectivity index (χ0v) is 16.7. The largest absolute Gasteiger partial charge is 0.462 e. The molecule has 1 aromatic heterocycles. The van der Waals surface area contributed by atoms with Crippen LogP contribution in [0.3, 0.4) is 0 Å². The first-order chi connectivity index (χ1) is 13.6. The van der Waals surface area contributed by atoms with Gasteiger partial charge in [0.25, 0.3) is 0 Å². The highest BCUT2D eigenvalue weighted by Gasteiger charge is 2.19. The monoisotopic (exact) mass is 414 g/mol. The van der Waals surface area contributed by atoms with Gasteiger partial charge < -0.3 is 15.0 Å². The summed E-state index contributed by atoms with van der Waals surface area (Å²) >= 11 is 6.39. The maximum absolute atomic E-state index is 12.7. The molecule has 144 valence electrons. The molecule has 3 aromatic rings. The Labute approximate surface area is 171 Å². The van der Waals surface area contributed by atoms with Crippen molar-refractivity contribution >= 4 is 51.9 Å². The Morgan fingerprint density at radius 2 is 1.89 bits per heavy atom. The summed E-state index contributed by atoms with van der Waals surface area (Å²) < 4.78 is 5.57. The highest BCUT2D eigenvalue weighted by atomic mass is 32.1. The summed E-state index contributed by atoms with van der Waals surface area (Å²) in [5, 5.41) is 10.3. The Morgan fingerprint density at radius 1 is 1.18 bits per heavy atom. The number of ether oxygens (including phenoxy) is 1. The lowest BCUT2D eigenvalue weighted by molar-refractivity contribution is -0.114. The molecule has 2 aromatic carbocycles. The standard InChI is InChI=1S/C19H18N4O3S2/c1-2-26-17(25)14-10-6-7-11-15(14)20-16(24)12-23(13-8-4-3-5-9-13)18-21-22-19(27)28-18/h3-11H,2,12H2,1H3,(H,20,24)(H,22,27). The molecular weight excluding hydrogens is 396 g/mol.